The molecule has 0 unspecified atom stereocenters. The molecular formula is C14H22BrNO. The first-order chi connectivity index (χ1) is 8.21. The number of nitrogens with two attached hydrogens (primary N) is 1. The number of hydrogen-bond donors (Lipinski definition) is 1. The second-order valence-corrected chi connectivity index (χ2v) is 5.20. The van der Waals surface area contributed by atoms with E-state index in [-0.39, 0.29) is 0 Å². The molecule has 0 spiro atoms. The zero-order chi connectivity index (χ0) is 12.7. The van der Waals surface area contributed by atoms with Crippen LogP contribution in [-0.2, 0) is 6.42 Å². The number of ether oxygens (including phenoxy) is 1. The SMILES string of the molecule is CCC(CC)COc1ccc(Br)cc1CCN. The largest absolute Gasteiger partial charge is 0.493 e. The third kappa shape index (κ3) is 4.68. The van der Waals surface area contributed by atoms with Gasteiger partial charge in [0, 0.05) is 4.47 Å². The quantitative estimate of drug-likeness (QED) is 0.832. The molecule has 1 aromatic carbocycles. The number of rotatable bonds is 7. The number of hydrogen-bond acceptors (Lipinski definition) is 2. The normalized spacial score (nSPS) is 10.9. The smallest absolute Gasteiger partial charge is 0.122 e. The predicted octanol–water partition coefficient (Wildman–Crippen LogP) is 3.77. The lowest BCUT2D eigenvalue weighted by molar-refractivity contribution is 0.238. The fourth-order valence-corrected chi connectivity index (χ4v) is 2.18. The van der Waals surface area contributed by atoms with Crippen LogP contribution in [0.3, 0.4) is 0 Å². The Morgan fingerprint density at radius 1 is 1.29 bits per heavy atom. The highest BCUT2D eigenvalue weighted by atomic mass is 79.9. The van der Waals surface area contributed by atoms with Gasteiger partial charge in [-0.05, 0) is 42.6 Å². The van der Waals surface area contributed by atoms with Gasteiger partial charge in [0.1, 0.15) is 5.75 Å². The van der Waals surface area contributed by atoms with Gasteiger partial charge in [0.2, 0.25) is 0 Å². The Kier molecular flexibility index (Phi) is 6.60. The van der Waals surface area contributed by atoms with Crippen molar-refractivity contribution in [1.82, 2.24) is 0 Å². The van der Waals surface area contributed by atoms with E-state index in [1.807, 2.05) is 12.1 Å². The first kappa shape index (κ1) is 14.5. The van der Waals surface area contributed by atoms with Crippen LogP contribution >= 0.6 is 15.9 Å². The van der Waals surface area contributed by atoms with E-state index in [1.165, 1.54) is 18.4 Å². The molecule has 0 heterocycles. The molecule has 0 amide bonds. The number of benzene rings is 1. The van der Waals surface area contributed by atoms with E-state index in [2.05, 4.69) is 35.8 Å². The third-order valence-corrected chi connectivity index (χ3v) is 3.56. The molecule has 96 valence electrons. The van der Waals surface area contributed by atoms with Gasteiger partial charge in [-0.15, -0.1) is 0 Å². The summed E-state index contributed by atoms with van der Waals surface area (Å²) in [5.41, 5.74) is 6.80. The van der Waals surface area contributed by atoms with Gasteiger partial charge in [-0.1, -0.05) is 42.6 Å². The van der Waals surface area contributed by atoms with Crippen molar-refractivity contribution in [2.45, 2.75) is 33.1 Å². The summed E-state index contributed by atoms with van der Waals surface area (Å²) in [5, 5.41) is 0. The molecule has 0 fully saturated rings. The molecule has 0 aromatic heterocycles. The Morgan fingerprint density at radius 3 is 2.59 bits per heavy atom. The van der Waals surface area contributed by atoms with Crippen LogP contribution in [0.2, 0.25) is 0 Å². The first-order valence-electron chi connectivity index (χ1n) is 6.32. The Balaban J connectivity index is 2.68. The zero-order valence-electron chi connectivity index (χ0n) is 10.7. The summed E-state index contributed by atoms with van der Waals surface area (Å²) in [6.07, 6.45) is 3.19. The maximum Gasteiger partial charge on any atom is 0.122 e. The first-order valence-corrected chi connectivity index (χ1v) is 7.11. The van der Waals surface area contributed by atoms with Crippen LogP contribution in [0, 0.1) is 5.92 Å². The van der Waals surface area contributed by atoms with Crippen molar-refractivity contribution in [2.24, 2.45) is 11.7 Å². The van der Waals surface area contributed by atoms with E-state index in [1.54, 1.807) is 0 Å². The molecule has 0 saturated carbocycles. The minimum absolute atomic E-state index is 0.643. The lowest BCUT2D eigenvalue weighted by Crippen LogP contribution is -2.12. The van der Waals surface area contributed by atoms with Crippen molar-refractivity contribution in [3.8, 4) is 5.75 Å². The van der Waals surface area contributed by atoms with Crippen LogP contribution in [0.5, 0.6) is 5.75 Å². The van der Waals surface area contributed by atoms with Crippen LogP contribution in [0.25, 0.3) is 0 Å². The van der Waals surface area contributed by atoms with E-state index in [4.69, 9.17) is 10.5 Å². The lowest BCUT2D eigenvalue weighted by atomic mass is 10.1. The summed E-state index contributed by atoms with van der Waals surface area (Å²) in [4.78, 5) is 0. The van der Waals surface area contributed by atoms with Crippen molar-refractivity contribution in [3.05, 3.63) is 28.2 Å². The fourth-order valence-electron chi connectivity index (χ4n) is 1.77. The molecule has 0 atom stereocenters. The highest BCUT2D eigenvalue weighted by Gasteiger charge is 2.08. The molecule has 2 N–H and O–H groups in total. The van der Waals surface area contributed by atoms with Gasteiger partial charge >= 0.3 is 0 Å². The van der Waals surface area contributed by atoms with Crippen LogP contribution in [0.15, 0.2) is 22.7 Å². The second kappa shape index (κ2) is 7.72. The third-order valence-electron chi connectivity index (χ3n) is 3.07. The van der Waals surface area contributed by atoms with E-state index >= 15 is 0 Å². The van der Waals surface area contributed by atoms with Gasteiger partial charge in [-0.25, -0.2) is 0 Å². The van der Waals surface area contributed by atoms with Crippen molar-refractivity contribution in [1.29, 1.82) is 0 Å². The summed E-state index contributed by atoms with van der Waals surface area (Å²) >= 11 is 3.48. The highest BCUT2D eigenvalue weighted by Crippen LogP contribution is 2.24. The molecule has 17 heavy (non-hydrogen) atoms. The molecule has 0 radical (unpaired) electrons. The number of halogens is 1. The van der Waals surface area contributed by atoms with Crippen LogP contribution < -0.4 is 10.5 Å². The van der Waals surface area contributed by atoms with Crippen LogP contribution in [0.4, 0.5) is 0 Å². The van der Waals surface area contributed by atoms with E-state index in [0.717, 1.165) is 23.2 Å². The van der Waals surface area contributed by atoms with E-state index in [0.29, 0.717) is 12.5 Å². The van der Waals surface area contributed by atoms with Crippen LogP contribution in [-0.4, -0.2) is 13.2 Å². The lowest BCUT2D eigenvalue weighted by Gasteiger charge is -2.16. The van der Waals surface area contributed by atoms with Crippen molar-refractivity contribution in [2.75, 3.05) is 13.2 Å². The molecule has 3 heteroatoms. The molecule has 0 aliphatic rings. The zero-order valence-corrected chi connectivity index (χ0v) is 12.3. The summed E-state index contributed by atoms with van der Waals surface area (Å²) in [7, 11) is 0. The minimum Gasteiger partial charge on any atom is -0.493 e. The molecular weight excluding hydrogens is 278 g/mol. The van der Waals surface area contributed by atoms with Gasteiger partial charge in [-0.2, -0.15) is 0 Å². The molecule has 0 bridgehead atoms. The molecule has 0 saturated heterocycles. The van der Waals surface area contributed by atoms with E-state index in [9.17, 15) is 0 Å². The Labute approximate surface area is 113 Å². The van der Waals surface area contributed by atoms with Crippen molar-refractivity contribution in [3.63, 3.8) is 0 Å². The van der Waals surface area contributed by atoms with Gasteiger partial charge < -0.3 is 10.5 Å². The van der Waals surface area contributed by atoms with Gasteiger partial charge in [0.05, 0.1) is 6.61 Å². The topological polar surface area (TPSA) is 35.2 Å². The monoisotopic (exact) mass is 299 g/mol. The van der Waals surface area contributed by atoms with Gasteiger partial charge in [0.15, 0.2) is 0 Å². The average Bonchev–Trinajstić information content (AvgIpc) is 2.33. The van der Waals surface area contributed by atoms with Gasteiger partial charge in [-0.3, -0.25) is 0 Å². The fraction of sp³-hybridized carbons (Fsp3) is 0.571. The summed E-state index contributed by atoms with van der Waals surface area (Å²) in [6, 6.07) is 6.13. The van der Waals surface area contributed by atoms with E-state index < -0.39 is 0 Å². The summed E-state index contributed by atoms with van der Waals surface area (Å²) in [5.74, 6) is 1.62. The molecule has 0 aliphatic carbocycles. The van der Waals surface area contributed by atoms with Gasteiger partial charge in [0.25, 0.3) is 0 Å². The Morgan fingerprint density at radius 2 is 2.00 bits per heavy atom. The maximum absolute atomic E-state index is 5.91. The summed E-state index contributed by atoms with van der Waals surface area (Å²) < 4.78 is 6.99. The van der Waals surface area contributed by atoms with Crippen LogP contribution in [0.1, 0.15) is 32.3 Å². The van der Waals surface area contributed by atoms with Crippen molar-refractivity contribution < 1.29 is 4.74 Å². The molecule has 1 aromatic rings. The second-order valence-electron chi connectivity index (χ2n) is 4.28. The maximum atomic E-state index is 5.91. The van der Waals surface area contributed by atoms with Crippen molar-refractivity contribution >= 4 is 15.9 Å². The highest BCUT2D eigenvalue weighted by molar-refractivity contribution is 9.10. The standard InChI is InChI=1S/C14H22BrNO/c1-3-11(4-2)10-17-14-6-5-13(15)9-12(14)7-8-16/h5-6,9,11H,3-4,7-8,10,16H2,1-2H3. The minimum atomic E-state index is 0.643. The predicted molar refractivity (Wildman–Crippen MR) is 76.5 cm³/mol. The molecule has 1 rings (SSSR count). The summed E-state index contributed by atoms with van der Waals surface area (Å²) in [6.45, 7) is 5.86. The molecule has 2 nitrogen and oxygen atoms in total. The Hall–Kier alpha value is -0.540. The molecule has 0 aliphatic heterocycles. The Bertz CT molecular complexity index is 337. The average molecular weight is 300 g/mol.